The highest BCUT2D eigenvalue weighted by Gasteiger charge is 2.34. The van der Waals surface area contributed by atoms with Crippen molar-refractivity contribution < 1.29 is 9.84 Å². The van der Waals surface area contributed by atoms with E-state index in [2.05, 4.69) is 11.8 Å². The van der Waals surface area contributed by atoms with Crippen molar-refractivity contribution in [3.05, 3.63) is 0 Å². The molecule has 0 spiro atoms. The Morgan fingerprint density at radius 1 is 1.29 bits per heavy atom. The van der Waals surface area contributed by atoms with Crippen molar-refractivity contribution in [1.82, 2.24) is 0 Å². The van der Waals surface area contributed by atoms with Crippen LogP contribution in [0.5, 0.6) is 0 Å². The predicted octanol–water partition coefficient (Wildman–Crippen LogP) is 2.36. The Labute approximate surface area is 87.7 Å². The quantitative estimate of drug-likeness (QED) is 0.664. The monoisotopic (exact) mass is 198 g/mol. The molecule has 0 saturated carbocycles. The minimum absolute atomic E-state index is 0.404. The Morgan fingerprint density at radius 3 is 2.21 bits per heavy atom. The molecule has 14 heavy (non-hydrogen) atoms. The van der Waals surface area contributed by atoms with Crippen LogP contribution in [0.1, 0.15) is 47.0 Å². The van der Waals surface area contributed by atoms with Gasteiger partial charge in [-0.2, -0.15) is 0 Å². The van der Waals surface area contributed by atoms with E-state index in [0.717, 1.165) is 12.8 Å². The number of hydrogen-bond acceptors (Lipinski definition) is 2. The molecule has 0 aliphatic heterocycles. The van der Waals surface area contributed by atoms with Gasteiger partial charge in [-0.15, -0.1) is 11.8 Å². The molecule has 0 fully saturated rings. The van der Waals surface area contributed by atoms with E-state index in [1.54, 1.807) is 6.92 Å². The molecule has 0 heterocycles. The van der Waals surface area contributed by atoms with E-state index in [-0.39, 0.29) is 0 Å². The topological polar surface area (TPSA) is 29.5 Å². The number of aliphatic hydroxyl groups excluding tert-OH is 1. The standard InChI is InChI=1S/C12H22O2/c1-5-9-10-11(13)12(6-2,7-3)14-8-4/h11,13H,6-8,10H2,1-4H3. The minimum atomic E-state index is -0.482. The van der Waals surface area contributed by atoms with E-state index < -0.39 is 11.7 Å². The lowest BCUT2D eigenvalue weighted by Crippen LogP contribution is -2.43. The van der Waals surface area contributed by atoms with Gasteiger partial charge in [0.1, 0.15) is 0 Å². The highest BCUT2D eigenvalue weighted by atomic mass is 16.5. The van der Waals surface area contributed by atoms with Gasteiger partial charge in [-0.25, -0.2) is 0 Å². The Bertz CT molecular complexity index is 196. The van der Waals surface area contributed by atoms with Gasteiger partial charge in [-0.3, -0.25) is 0 Å². The Morgan fingerprint density at radius 2 is 1.86 bits per heavy atom. The van der Waals surface area contributed by atoms with Crippen LogP contribution >= 0.6 is 0 Å². The molecule has 0 saturated heterocycles. The lowest BCUT2D eigenvalue weighted by molar-refractivity contribution is -0.122. The molecule has 2 nitrogen and oxygen atoms in total. The van der Waals surface area contributed by atoms with Crippen molar-refractivity contribution in [1.29, 1.82) is 0 Å². The maximum Gasteiger partial charge on any atom is 0.0944 e. The first kappa shape index (κ1) is 13.5. The lowest BCUT2D eigenvalue weighted by atomic mass is 9.88. The molecule has 1 unspecified atom stereocenters. The second kappa shape index (κ2) is 6.86. The SMILES string of the molecule is CC#CCC(O)C(CC)(CC)OCC. The van der Waals surface area contributed by atoms with Crippen LogP contribution in [0.2, 0.25) is 0 Å². The second-order valence-electron chi connectivity index (χ2n) is 3.35. The Hall–Kier alpha value is -0.520. The zero-order valence-corrected chi connectivity index (χ0v) is 9.76. The summed E-state index contributed by atoms with van der Waals surface area (Å²) in [5, 5.41) is 9.99. The molecule has 82 valence electrons. The second-order valence-corrected chi connectivity index (χ2v) is 3.35. The summed E-state index contributed by atoms with van der Waals surface area (Å²) in [6, 6.07) is 0. The van der Waals surface area contributed by atoms with Gasteiger partial charge in [-0.1, -0.05) is 13.8 Å². The molecule has 0 bridgehead atoms. The molecule has 2 heteroatoms. The number of hydrogen-bond donors (Lipinski definition) is 1. The summed E-state index contributed by atoms with van der Waals surface area (Å²) in [6.45, 7) is 8.47. The maximum atomic E-state index is 9.99. The van der Waals surface area contributed by atoms with Crippen molar-refractivity contribution in [2.24, 2.45) is 0 Å². The van der Waals surface area contributed by atoms with Crippen molar-refractivity contribution in [2.75, 3.05) is 6.61 Å². The first-order valence-corrected chi connectivity index (χ1v) is 5.38. The van der Waals surface area contributed by atoms with Gasteiger partial charge in [0.2, 0.25) is 0 Å². The third-order valence-electron chi connectivity index (χ3n) is 2.71. The van der Waals surface area contributed by atoms with Crippen LogP contribution in [0.4, 0.5) is 0 Å². The van der Waals surface area contributed by atoms with Gasteiger partial charge < -0.3 is 9.84 Å². The number of ether oxygens (including phenoxy) is 1. The normalized spacial score (nSPS) is 13.2. The zero-order valence-electron chi connectivity index (χ0n) is 9.76. The highest BCUT2D eigenvalue weighted by molar-refractivity contribution is 5.01. The van der Waals surface area contributed by atoms with Crippen LogP contribution in [0.15, 0.2) is 0 Å². The molecular weight excluding hydrogens is 176 g/mol. The van der Waals surface area contributed by atoms with E-state index in [1.807, 2.05) is 20.8 Å². The van der Waals surface area contributed by atoms with Gasteiger partial charge in [0.25, 0.3) is 0 Å². The van der Waals surface area contributed by atoms with E-state index in [0.29, 0.717) is 13.0 Å². The molecule has 0 aromatic heterocycles. The van der Waals surface area contributed by atoms with Crippen molar-refractivity contribution in [3.8, 4) is 11.8 Å². The molecular formula is C12H22O2. The summed E-state index contributed by atoms with van der Waals surface area (Å²) in [5.74, 6) is 5.70. The molecule has 0 aliphatic carbocycles. The maximum absolute atomic E-state index is 9.99. The van der Waals surface area contributed by atoms with E-state index in [1.165, 1.54) is 0 Å². The summed E-state index contributed by atoms with van der Waals surface area (Å²) >= 11 is 0. The van der Waals surface area contributed by atoms with Gasteiger partial charge in [-0.05, 0) is 26.7 Å². The molecule has 0 amide bonds. The molecule has 1 atom stereocenters. The first-order chi connectivity index (χ1) is 6.66. The average molecular weight is 198 g/mol. The van der Waals surface area contributed by atoms with Crippen molar-refractivity contribution >= 4 is 0 Å². The van der Waals surface area contributed by atoms with Gasteiger partial charge in [0.05, 0.1) is 11.7 Å². The van der Waals surface area contributed by atoms with E-state index in [9.17, 15) is 5.11 Å². The first-order valence-electron chi connectivity index (χ1n) is 5.38. The van der Waals surface area contributed by atoms with Crippen LogP contribution in [0.25, 0.3) is 0 Å². The fourth-order valence-electron chi connectivity index (χ4n) is 1.69. The largest absolute Gasteiger partial charge is 0.389 e. The van der Waals surface area contributed by atoms with Crippen molar-refractivity contribution in [2.45, 2.75) is 58.7 Å². The van der Waals surface area contributed by atoms with Crippen LogP contribution in [-0.4, -0.2) is 23.4 Å². The summed E-state index contributed by atoms with van der Waals surface area (Å²) in [6.07, 6.45) is 1.66. The molecule has 0 radical (unpaired) electrons. The van der Waals surface area contributed by atoms with Gasteiger partial charge >= 0.3 is 0 Å². The van der Waals surface area contributed by atoms with E-state index in [4.69, 9.17) is 4.74 Å². The molecule has 0 rings (SSSR count). The summed E-state index contributed by atoms with van der Waals surface area (Å²) in [4.78, 5) is 0. The summed E-state index contributed by atoms with van der Waals surface area (Å²) in [5.41, 5.74) is -0.404. The van der Waals surface area contributed by atoms with E-state index >= 15 is 0 Å². The molecule has 1 N–H and O–H groups in total. The Balaban J connectivity index is 4.48. The van der Waals surface area contributed by atoms with Crippen molar-refractivity contribution in [3.63, 3.8) is 0 Å². The van der Waals surface area contributed by atoms with Gasteiger partial charge in [0.15, 0.2) is 0 Å². The van der Waals surface area contributed by atoms with Crippen LogP contribution in [0, 0.1) is 11.8 Å². The third-order valence-corrected chi connectivity index (χ3v) is 2.71. The average Bonchev–Trinajstić information content (AvgIpc) is 2.22. The smallest absolute Gasteiger partial charge is 0.0944 e. The number of aliphatic hydroxyl groups is 1. The lowest BCUT2D eigenvalue weighted by Gasteiger charge is -2.35. The zero-order chi connectivity index (χ0) is 11.0. The van der Waals surface area contributed by atoms with Crippen LogP contribution in [-0.2, 0) is 4.74 Å². The number of rotatable bonds is 6. The van der Waals surface area contributed by atoms with Gasteiger partial charge in [0, 0.05) is 13.0 Å². The molecule has 0 aromatic rings. The Kier molecular flexibility index (Phi) is 6.61. The summed E-state index contributed by atoms with van der Waals surface area (Å²) < 4.78 is 5.67. The van der Waals surface area contributed by atoms with Crippen LogP contribution in [0.3, 0.4) is 0 Å². The van der Waals surface area contributed by atoms with Crippen LogP contribution < -0.4 is 0 Å². The highest BCUT2D eigenvalue weighted by Crippen LogP contribution is 2.26. The fraction of sp³-hybridized carbons (Fsp3) is 0.833. The molecule has 0 aliphatic rings. The fourth-order valence-corrected chi connectivity index (χ4v) is 1.69. The molecule has 0 aromatic carbocycles. The predicted molar refractivity (Wildman–Crippen MR) is 59.0 cm³/mol. The third kappa shape index (κ3) is 3.32. The minimum Gasteiger partial charge on any atom is -0.389 e. The summed E-state index contributed by atoms with van der Waals surface area (Å²) in [7, 11) is 0.